The lowest BCUT2D eigenvalue weighted by Gasteiger charge is -2.20. The third kappa shape index (κ3) is 3.11. The van der Waals surface area contributed by atoms with Crippen LogP contribution in [0.1, 0.15) is 44.8 Å². The van der Waals surface area contributed by atoms with Crippen LogP contribution in [0.4, 0.5) is 0 Å². The van der Waals surface area contributed by atoms with E-state index in [2.05, 4.69) is 38.1 Å². The lowest BCUT2D eigenvalue weighted by molar-refractivity contribution is -0.0157. The first-order valence-corrected chi connectivity index (χ1v) is 7.50. The zero-order valence-corrected chi connectivity index (χ0v) is 12.5. The van der Waals surface area contributed by atoms with Gasteiger partial charge in [0.15, 0.2) is 0 Å². The molecule has 0 aliphatic carbocycles. The molecule has 3 nitrogen and oxygen atoms in total. The molecule has 0 saturated carbocycles. The van der Waals surface area contributed by atoms with E-state index in [9.17, 15) is 5.11 Å². The lowest BCUT2D eigenvalue weighted by atomic mass is 9.93. The smallest absolute Gasteiger partial charge is 0.0955 e. The second kappa shape index (κ2) is 5.27. The highest BCUT2D eigenvalue weighted by Gasteiger charge is 2.31. The van der Waals surface area contributed by atoms with Crippen LogP contribution < -0.4 is 0 Å². The molecule has 1 aromatic rings. The van der Waals surface area contributed by atoms with Gasteiger partial charge in [-0.05, 0) is 12.3 Å². The van der Waals surface area contributed by atoms with Gasteiger partial charge in [0.2, 0.25) is 0 Å². The van der Waals surface area contributed by atoms with Crippen LogP contribution in [0.15, 0.2) is 5.38 Å². The maximum atomic E-state index is 10.2. The molecule has 0 bridgehead atoms. The molecule has 1 aliphatic rings. The van der Waals surface area contributed by atoms with Crippen molar-refractivity contribution < 1.29 is 9.84 Å². The molecule has 1 fully saturated rings. The summed E-state index contributed by atoms with van der Waals surface area (Å²) in [6.45, 7) is 9.39. The summed E-state index contributed by atoms with van der Waals surface area (Å²) in [4.78, 5) is 4.62. The average Bonchev–Trinajstić information content (AvgIpc) is 2.85. The summed E-state index contributed by atoms with van der Waals surface area (Å²) >= 11 is 1.64. The van der Waals surface area contributed by atoms with Crippen LogP contribution >= 0.6 is 11.3 Å². The maximum Gasteiger partial charge on any atom is 0.0955 e. The monoisotopic (exact) mass is 269 g/mol. The van der Waals surface area contributed by atoms with Crippen molar-refractivity contribution >= 4 is 11.3 Å². The van der Waals surface area contributed by atoms with E-state index in [1.165, 1.54) is 0 Å². The number of hydrogen-bond donors (Lipinski definition) is 1. The minimum absolute atomic E-state index is 0.0213. The van der Waals surface area contributed by atoms with E-state index in [1.54, 1.807) is 11.3 Å². The van der Waals surface area contributed by atoms with Crippen LogP contribution in [0.3, 0.4) is 0 Å². The van der Waals surface area contributed by atoms with Crippen molar-refractivity contribution in [3.8, 4) is 0 Å². The first-order valence-electron chi connectivity index (χ1n) is 6.62. The Balaban J connectivity index is 1.99. The zero-order valence-electron chi connectivity index (χ0n) is 11.6. The quantitative estimate of drug-likeness (QED) is 0.917. The number of ether oxygens (including phenoxy) is 1. The van der Waals surface area contributed by atoms with Crippen LogP contribution in [-0.4, -0.2) is 28.9 Å². The van der Waals surface area contributed by atoms with Gasteiger partial charge in [-0.15, -0.1) is 11.3 Å². The Morgan fingerprint density at radius 3 is 2.78 bits per heavy atom. The normalized spacial score (nSPS) is 26.5. The first-order chi connectivity index (χ1) is 8.38. The Labute approximate surface area is 113 Å². The molecule has 3 unspecified atom stereocenters. The summed E-state index contributed by atoms with van der Waals surface area (Å²) in [5.74, 6) is 0.446. The summed E-state index contributed by atoms with van der Waals surface area (Å²) in [7, 11) is 0. The Kier molecular flexibility index (Phi) is 4.09. The van der Waals surface area contributed by atoms with E-state index in [1.807, 2.05) is 0 Å². The molecular formula is C14H23NO2S. The number of hydrogen-bond acceptors (Lipinski definition) is 4. The van der Waals surface area contributed by atoms with Gasteiger partial charge in [0.1, 0.15) is 0 Å². The predicted molar refractivity (Wildman–Crippen MR) is 74.0 cm³/mol. The van der Waals surface area contributed by atoms with Crippen molar-refractivity contribution in [2.75, 3.05) is 6.61 Å². The Morgan fingerprint density at radius 1 is 1.56 bits per heavy atom. The van der Waals surface area contributed by atoms with Crippen LogP contribution in [0.2, 0.25) is 0 Å². The third-order valence-electron chi connectivity index (χ3n) is 3.53. The Bertz CT molecular complexity index is 397. The summed E-state index contributed by atoms with van der Waals surface area (Å²) in [5.41, 5.74) is 1.19. The van der Waals surface area contributed by atoms with Crippen molar-refractivity contribution in [2.45, 2.75) is 58.2 Å². The molecule has 102 valence electrons. The maximum absolute atomic E-state index is 10.2. The fourth-order valence-electron chi connectivity index (χ4n) is 2.25. The number of aliphatic hydroxyl groups is 1. The lowest BCUT2D eigenvalue weighted by Crippen LogP contribution is -2.31. The number of aliphatic hydroxyl groups excluding tert-OH is 1. The second-order valence-electron chi connectivity index (χ2n) is 6.25. The van der Waals surface area contributed by atoms with Crippen molar-refractivity contribution in [3.63, 3.8) is 0 Å². The van der Waals surface area contributed by atoms with Crippen molar-refractivity contribution in [3.05, 3.63) is 16.1 Å². The van der Waals surface area contributed by atoms with Gasteiger partial charge in [-0.2, -0.15) is 0 Å². The molecule has 0 radical (unpaired) electrons. The molecule has 2 heterocycles. The molecule has 0 spiro atoms. The first kappa shape index (κ1) is 14.0. The van der Waals surface area contributed by atoms with E-state index in [4.69, 9.17) is 4.74 Å². The molecule has 4 heteroatoms. The molecule has 0 amide bonds. The van der Waals surface area contributed by atoms with E-state index in [-0.39, 0.29) is 11.5 Å². The molecule has 1 aliphatic heterocycles. The average molecular weight is 269 g/mol. The molecule has 1 N–H and O–H groups in total. The van der Waals surface area contributed by atoms with Gasteiger partial charge in [-0.25, -0.2) is 4.98 Å². The van der Waals surface area contributed by atoms with Crippen molar-refractivity contribution in [1.82, 2.24) is 4.98 Å². The van der Waals surface area contributed by atoms with Crippen molar-refractivity contribution in [1.29, 1.82) is 0 Å². The highest BCUT2D eigenvalue weighted by Crippen LogP contribution is 2.27. The Hall–Kier alpha value is -0.450. The van der Waals surface area contributed by atoms with E-state index < -0.39 is 6.10 Å². The van der Waals surface area contributed by atoms with E-state index in [0.29, 0.717) is 12.3 Å². The molecule has 2 rings (SSSR count). The van der Waals surface area contributed by atoms with Crippen molar-refractivity contribution in [2.24, 2.45) is 5.92 Å². The number of aromatic nitrogens is 1. The molecule has 1 saturated heterocycles. The second-order valence-corrected chi connectivity index (χ2v) is 7.19. The predicted octanol–water partition coefficient (Wildman–Crippen LogP) is 2.77. The SMILES string of the molecule is CC1CCOC1C(O)Cc1nc(C(C)(C)C)cs1. The number of thiazole rings is 1. The minimum Gasteiger partial charge on any atom is -0.390 e. The van der Waals surface area contributed by atoms with Gasteiger partial charge in [-0.3, -0.25) is 0 Å². The fraction of sp³-hybridized carbons (Fsp3) is 0.786. The fourth-order valence-corrected chi connectivity index (χ4v) is 3.33. The van der Waals surface area contributed by atoms with E-state index >= 15 is 0 Å². The van der Waals surface area contributed by atoms with Gasteiger partial charge < -0.3 is 9.84 Å². The van der Waals surface area contributed by atoms with Gasteiger partial charge in [0.25, 0.3) is 0 Å². The zero-order chi connectivity index (χ0) is 13.3. The molecule has 0 aromatic carbocycles. The van der Waals surface area contributed by atoms with Gasteiger partial charge in [0.05, 0.1) is 22.9 Å². The number of rotatable bonds is 3. The van der Waals surface area contributed by atoms with Gasteiger partial charge in [-0.1, -0.05) is 27.7 Å². The topological polar surface area (TPSA) is 42.4 Å². The molecular weight excluding hydrogens is 246 g/mol. The number of nitrogens with zero attached hydrogens (tertiary/aromatic N) is 1. The summed E-state index contributed by atoms with van der Waals surface area (Å²) in [6, 6.07) is 0. The van der Waals surface area contributed by atoms with Crippen LogP contribution in [0.5, 0.6) is 0 Å². The van der Waals surface area contributed by atoms with Gasteiger partial charge in [0, 0.05) is 23.8 Å². The van der Waals surface area contributed by atoms with E-state index in [0.717, 1.165) is 23.7 Å². The minimum atomic E-state index is -0.429. The summed E-state index contributed by atoms with van der Waals surface area (Å²) in [6.07, 6.45) is 1.20. The summed E-state index contributed by atoms with van der Waals surface area (Å²) in [5, 5.41) is 13.3. The third-order valence-corrected chi connectivity index (χ3v) is 4.40. The largest absolute Gasteiger partial charge is 0.390 e. The molecule has 18 heavy (non-hydrogen) atoms. The highest BCUT2D eigenvalue weighted by molar-refractivity contribution is 7.09. The van der Waals surface area contributed by atoms with Crippen LogP contribution in [0, 0.1) is 5.92 Å². The summed E-state index contributed by atoms with van der Waals surface area (Å²) < 4.78 is 5.60. The van der Waals surface area contributed by atoms with Crippen LogP contribution in [-0.2, 0) is 16.6 Å². The van der Waals surface area contributed by atoms with Crippen LogP contribution in [0.25, 0.3) is 0 Å². The molecule has 3 atom stereocenters. The highest BCUT2D eigenvalue weighted by atomic mass is 32.1. The molecule has 1 aromatic heterocycles. The standard InChI is InChI=1S/C14H23NO2S/c1-9-5-6-17-13(9)10(16)7-12-15-11(8-18-12)14(2,3)4/h8-10,13,16H,5-7H2,1-4H3. The van der Waals surface area contributed by atoms with Gasteiger partial charge >= 0.3 is 0 Å². The Morgan fingerprint density at radius 2 is 2.28 bits per heavy atom.